The monoisotopic (exact) mass is 400 g/mol. The second-order valence-corrected chi connectivity index (χ2v) is 6.45. The Morgan fingerprint density at radius 3 is 2.84 bits per heavy atom. The zero-order valence-corrected chi connectivity index (χ0v) is 14.8. The Kier molecular flexibility index (Phi) is 3.76. The van der Waals surface area contributed by atoms with Crippen molar-refractivity contribution in [3.63, 3.8) is 0 Å². The molecule has 0 unspecified atom stereocenters. The van der Waals surface area contributed by atoms with Gasteiger partial charge in [-0.25, -0.2) is 14.5 Å². The predicted molar refractivity (Wildman–Crippen MR) is 93.2 cm³/mol. The fraction of sp³-hybridized carbons (Fsp3) is 0.176. The van der Waals surface area contributed by atoms with Gasteiger partial charge in [0.2, 0.25) is 0 Å². The number of ether oxygens (including phenoxy) is 1. The number of fused-ring (bicyclic) bond motifs is 3. The molecule has 0 aliphatic heterocycles. The molecule has 2 heterocycles. The van der Waals surface area contributed by atoms with Gasteiger partial charge in [-0.1, -0.05) is 0 Å². The van der Waals surface area contributed by atoms with E-state index in [1.54, 1.807) is 30.4 Å². The van der Waals surface area contributed by atoms with Crippen LogP contribution in [0.4, 0.5) is 0 Å². The molecule has 0 spiro atoms. The summed E-state index contributed by atoms with van der Waals surface area (Å²) in [4.78, 5) is 20.0. The van der Waals surface area contributed by atoms with E-state index in [9.17, 15) is 9.90 Å². The van der Waals surface area contributed by atoms with Crippen LogP contribution in [0.1, 0.15) is 21.6 Å². The van der Waals surface area contributed by atoms with Gasteiger partial charge in [0.25, 0.3) is 0 Å². The Morgan fingerprint density at radius 1 is 1.32 bits per heavy atom. The minimum atomic E-state index is -1.05. The number of carboxylic acids is 1. The molecule has 0 bridgehead atoms. The van der Waals surface area contributed by atoms with E-state index in [4.69, 9.17) is 4.74 Å². The maximum Gasteiger partial charge on any atom is 0.356 e. The first-order valence-corrected chi connectivity index (χ1v) is 8.37. The van der Waals surface area contributed by atoms with Crippen LogP contribution in [0.3, 0.4) is 0 Å². The van der Waals surface area contributed by atoms with Crippen molar-refractivity contribution >= 4 is 21.9 Å². The SMILES string of the molecule is COc1cc2c(cc1Br)-c1c(c(C(=O)O)nn1-c1cnccn1)CC2. The van der Waals surface area contributed by atoms with Crippen molar-refractivity contribution in [3.05, 3.63) is 52.0 Å². The minimum absolute atomic E-state index is 0.0539. The quantitative estimate of drug-likeness (QED) is 0.726. The number of aromatic nitrogens is 4. The smallest absolute Gasteiger partial charge is 0.356 e. The first-order chi connectivity index (χ1) is 12.1. The summed E-state index contributed by atoms with van der Waals surface area (Å²) >= 11 is 3.51. The molecule has 0 radical (unpaired) electrons. The van der Waals surface area contributed by atoms with Gasteiger partial charge >= 0.3 is 5.97 Å². The molecule has 1 aliphatic carbocycles. The Hall–Kier alpha value is -2.74. The molecule has 0 saturated carbocycles. The third-order valence-electron chi connectivity index (χ3n) is 4.23. The molecule has 1 N–H and O–H groups in total. The van der Waals surface area contributed by atoms with Crippen molar-refractivity contribution in [2.75, 3.05) is 7.11 Å². The summed E-state index contributed by atoms with van der Waals surface area (Å²) < 4.78 is 7.73. The minimum Gasteiger partial charge on any atom is -0.496 e. The van der Waals surface area contributed by atoms with Gasteiger partial charge in [-0.15, -0.1) is 0 Å². The van der Waals surface area contributed by atoms with Crippen LogP contribution >= 0.6 is 15.9 Å². The van der Waals surface area contributed by atoms with Gasteiger partial charge in [0, 0.05) is 23.5 Å². The van der Waals surface area contributed by atoms with E-state index >= 15 is 0 Å². The maximum absolute atomic E-state index is 11.7. The lowest BCUT2D eigenvalue weighted by atomic mass is 9.88. The van der Waals surface area contributed by atoms with Crippen molar-refractivity contribution in [3.8, 4) is 22.8 Å². The number of carboxylic acid groups (broad SMARTS) is 1. The summed E-state index contributed by atoms with van der Waals surface area (Å²) in [7, 11) is 1.62. The zero-order chi connectivity index (χ0) is 17.6. The Bertz CT molecular complexity index is 985. The highest BCUT2D eigenvalue weighted by atomic mass is 79.9. The topological polar surface area (TPSA) is 90.1 Å². The number of hydrogen-bond donors (Lipinski definition) is 1. The molecule has 7 nitrogen and oxygen atoms in total. The van der Waals surface area contributed by atoms with Gasteiger partial charge < -0.3 is 9.84 Å². The molecule has 25 heavy (non-hydrogen) atoms. The van der Waals surface area contributed by atoms with Gasteiger partial charge in [-0.05, 0) is 46.5 Å². The van der Waals surface area contributed by atoms with E-state index < -0.39 is 5.97 Å². The molecule has 0 saturated heterocycles. The van der Waals surface area contributed by atoms with Crippen LogP contribution in [0.15, 0.2) is 35.2 Å². The highest BCUT2D eigenvalue weighted by Crippen LogP contribution is 2.41. The third-order valence-corrected chi connectivity index (χ3v) is 4.85. The lowest BCUT2D eigenvalue weighted by molar-refractivity contribution is 0.0688. The summed E-state index contributed by atoms with van der Waals surface area (Å²) in [6.07, 6.45) is 5.99. The van der Waals surface area contributed by atoms with Gasteiger partial charge in [0.1, 0.15) is 5.75 Å². The van der Waals surface area contributed by atoms with Gasteiger partial charge in [0.05, 0.1) is 23.5 Å². The zero-order valence-electron chi connectivity index (χ0n) is 13.2. The van der Waals surface area contributed by atoms with Crippen molar-refractivity contribution in [2.45, 2.75) is 12.8 Å². The summed E-state index contributed by atoms with van der Waals surface area (Å²) in [5.41, 5.74) is 3.50. The van der Waals surface area contributed by atoms with E-state index in [2.05, 4.69) is 31.0 Å². The van der Waals surface area contributed by atoms with E-state index in [0.29, 0.717) is 17.8 Å². The summed E-state index contributed by atoms with van der Waals surface area (Å²) in [5, 5.41) is 13.8. The molecule has 126 valence electrons. The Morgan fingerprint density at radius 2 is 2.16 bits per heavy atom. The first kappa shape index (κ1) is 15.8. The predicted octanol–water partition coefficient (Wildman–Crippen LogP) is 2.90. The number of methoxy groups -OCH3 is 1. The summed E-state index contributed by atoms with van der Waals surface area (Å²) in [6.45, 7) is 0. The van der Waals surface area contributed by atoms with Crippen LogP contribution in [0.5, 0.6) is 5.75 Å². The van der Waals surface area contributed by atoms with Crippen LogP contribution in [-0.2, 0) is 12.8 Å². The van der Waals surface area contributed by atoms with Gasteiger partial charge in [0.15, 0.2) is 11.5 Å². The van der Waals surface area contributed by atoms with Crippen molar-refractivity contribution in [1.29, 1.82) is 0 Å². The standard InChI is InChI=1S/C17H13BrN4O3/c1-25-13-6-9-2-3-10-15(17(23)24)21-22(14-8-19-4-5-20-14)16(10)11(9)7-12(13)18/h4-8H,2-3H2,1H3,(H,23,24). The van der Waals surface area contributed by atoms with Crippen molar-refractivity contribution in [2.24, 2.45) is 0 Å². The molecule has 4 rings (SSSR count). The summed E-state index contributed by atoms with van der Waals surface area (Å²) in [5.74, 6) is 0.173. The lowest BCUT2D eigenvalue weighted by Crippen LogP contribution is -2.09. The van der Waals surface area contributed by atoms with Crippen LogP contribution in [0, 0.1) is 0 Å². The van der Waals surface area contributed by atoms with Crippen LogP contribution in [-0.4, -0.2) is 37.9 Å². The van der Waals surface area contributed by atoms with E-state index in [1.807, 2.05) is 12.1 Å². The number of rotatable bonds is 3. The molecule has 0 fully saturated rings. The largest absolute Gasteiger partial charge is 0.496 e. The van der Waals surface area contributed by atoms with Gasteiger partial charge in [-0.3, -0.25) is 4.98 Å². The highest BCUT2D eigenvalue weighted by Gasteiger charge is 2.30. The van der Waals surface area contributed by atoms with E-state index in [0.717, 1.165) is 33.5 Å². The first-order valence-electron chi connectivity index (χ1n) is 7.58. The number of carbonyl (C=O) groups is 1. The molecule has 0 atom stereocenters. The second kappa shape index (κ2) is 5.96. The molecule has 1 aliphatic rings. The lowest BCUT2D eigenvalue weighted by Gasteiger charge is -2.20. The number of aromatic carboxylic acids is 1. The third kappa shape index (κ3) is 2.49. The number of nitrogens with zero attached hydrogens (tertiary/aromatic N) is 4. The fourth-order valence-electron chi connectivity index (χ4n) is 3.14. The van der Waals surface area contributed by atoms with Crippen LogP contribution in [0.2, 0.25) is 0 Å². The maximum atomic E-state index is 11.7. The molecule has 2 aromatic heterocycles. The Balaban J connectivity index is 2.02. The molecule has 8 heteroatoms. The average molecular weight is 401 g/mol. The van der Waals surface area contributed by atoms with Gasteiger partial charge in [-0.2, -0.15) is 5.10 Å². The number of hydrogen-bond acceptors (Lipinski definition) is 5. The normalized spacial score (nSPS) is 12.4. The Labute approximate surface area is 151 Å². The fourth-order valence-corrected chi connectivity index (χ4v) is 3.65. The van der Waals surface area contributed by atoms with Crippen molar-refractivity contribution < 1.29 is 14.6 Å². The molecule has 3 aromatic rings. The second-order valence-electron chi connectivity index (χ2n) is 5.60. The molecular formula is C17H13BrN4O3. The highest BCUT2D eigenvalue weighted by molar-refractivity contribution is 9.10. The molecule has 1 aromatic carbocycles. The van der Waals surface area contributed by atoms with E-state index in [-0.39, 0.29) is 5.69 Å². The average Bonchev–Trinajstić information content (AvgIpc) is 3.02. The number of benzene rings is 1. The number of halogens is 1. The van der Waals surface area contributed by atoms with E-state index in [1.165, 1.54) is 0 Å². The van der Waals surface area contributed by atoms with Crippen molar-refractivity contribution in [1.82, 2.24) is 19.7 Å². The van der Waals surface area contributed by atoms with Crippen LogP contribution in [0.25, 0.3) is 17.1 Å². The molecule has 0 amide bonds. The number of aryl methyl sites for hydroxylation is 1. The summed E-state index contributed by atoms with van der Waals surface area (Å²) in [6, 6.07) is 3.91. The van der Waals surface area contributed by atoms with Crippen LogP contribution < -0.4 is 4.74 Å². The molecular weight excluding hydrogens is 388 g/mol.